The quantitative estimate of drug-likeness (QED) is 0.258. The molecule has 0 bridgehead atoms. The summed E-state index contributed by atoms with van der Waals surface area (Å²) in [7, 11) is 1.58. The van der Waals surface area contributed by atoms with E-state index in [9.17, 15) is 14.7 Å². The first-order valence-corrected chi connectivity index (χ1v) is 12.7. The molecule has 196 valence electrons. The normalized spacial score (nSPS) is 20.0. The SMILES string of the molecule is COc1cccc(CN2C(=O)C(=O)/C(=C(\O)c3ccc4c(c3)CC(C)O4)C2c2ccc(OC(C)C)cc2)c1. The number of nitrogens with zero attached hydrogens (tertiary/aromatic N) is 1. The molecule has 1 saturated heterocycles. The first kappa shape index (κ1) is 25.4. The Bertz CT molecular complexity index is 1410. The van der Waals surface area contributed by atoms with Crippen LogP contribution in [0.3, 0.4) is 0 Å². The minimum Gasteiger partial charge on any atom is -0.507 e. The first-order chi connectivity index (χ1) is 18.2. The highest BCUT2D eigenvalue weighted by Crippen LogP contribution is 2.42. The van der Waals surface area contributed by atoms with Gasteiger partial charge in [0.2, 0.25) is 0 Å². The summed E-state index contributed by atoms with van der Waals surface area (Å²) < 4.78 is 16.9. The lowest BCUT2D eigenvalue weighted by atomic mass is 9.94. The maximum absolute atomic E-state index is 13.4. The smallest absolute Gasteiger partial charge is 0.295 e. The maximum Gasteiger partial charge on any atom is 0.295 e. The van der Waals surface area contributed by atoms with E-state index in [2.05, 4.69) is 0 Å². The van der Waals surface area contributed by atoms with Gasteiger partial charge in [0.1, 0.15) is 29.1 Å². The molecule has 0 aliphatic carbocycles. The maximum atomic E-state index is 13.4. The van der Waals surface area contributed by atoms with Crippen molar-refractivity contribution in [1.29, 1.82) is 0 Å². The largest absolute Gasteiger partial charge is 0.507 e. The zero-order chi connectivity index (χ0) is 27.0. The summed E-state index contributed by atoms with van der Waals surface area (Å²) in [6.45, 7) is 6.04. The highest BCUT2D eigenvalue weighted by molar-refractivity contribution is 6.46. The molecule has 0 aromatic heterocycles. The predicted molar refractivity (Wildman–Crippen MR) is 143 cm³/mol. The zero-order valence-corrected chi connectivity index (χ0v) is 21.9. The second-order valence-corrected chi connectivity index (χ2v) is 9.97. The van der Waals surface area contributed by atoms with Crippen molar-refractivity contribution in [2.75, 3.05) is 7.11 Å². The minimum atomic E-state index is -0.780. The number of benzene rings is 3. The van der Waals surface area contributed by atoms with Gasteiger partial charge in [-0.1, -0.05) is 24.3 Å². The van der Waals surface area contributed by atoms with Crippen LogP contribution in [0.15, 0.2) is 72.3 Å². The Kier molecular flexibility index (Phi) is 6.85. The molecule has 0 radical (unpaired) electrons. The Hall–Kier alpha value is -4.26. The fraction of sp³-hybridized carbons (Fsp3) is 0.290. The number of aliphatic hydroxyl groups excluding tert-OH is 1. The standard InChI is InChI=1S/C31H31NO6/c1-18(2)37-24-11-8-21(9-12-24)28-27(29(33)22-10-13-26-23(16-22)14-19(3)38-26)30(34)31(35)32(28)17-20-6-5-7-25(15-20)36-4/h5-13,15-16,18-19,28,33H,14,17H2,1-4H3/b29-27-. The highest BCUT2D eigenvalue weighted by atomic mass is 16.5. The number of rotatable bonds is 7. The molecular formula is C31H31NO6. The fourth-order valence-electron chi connectivity index (χ4n) is 5.08. The number of Topliss-reactive ketones (excluding diaryl/α,β-unsaturated/α-hetero) is 1. The van der Waals surface area contributed by atoms with Crippen LogP contribution in [-0.4, -0.2) is 41.0 Å². The Balaban J connectivity index is 1.59. The fourth-order valence-corrected chi connectivity index (χ4v) is 5.08. The Morgan fingerprint density at radius 3 is 2.53 bits per heavy atom. The monoisotopic (exact) mass is 513 g/mol. The van der Waals surface area contributed by atoms with Gasteiger partial charge in [0.15, 0.2) is 0 Å². The van der Waals surface area contributed by atoms with Crippen LogP contribution in [0.25, 0.3) is 5.76 Å². The van der Waals surface area contributed by atoms with Crippen molar-refractivity contribution in [2.24, 2.45) is 0 Å². The number of fused-ring (bicyclic) bond motifs is 1. The molecule has 2 atom stereocenters. The minimum absolute atomic E-state index is 0.00561. The summed E-state index contributed by atoms with van der Waals surface area (Å²) in [5.74, 6) is 0.515. The molecule has 5 rings (SSSR count). The molecule has 0 spiro atoms. The molecule has 38 heavy (non-hydrogen) atoms. The number of ether oxygens (including phenoxy) is 3. The van der Waals surface area contributed by atoms with Gasteiger partial charge in [-0.3, -0.25) is 9.59 Å². The summed E-state index contributed by atoms with van der Waals surface area (Å²) in [6, 6.07) is 19.2. The number of hydrogen-bond donors (Lipinski definition) is 1. The molecular weight excluding hydrogens is 482 g/mol. The van der Waals surface area contributed by atoms with Gasteiger partial charge in [-0.05, 0) is 79.9 Å². The Labute approximate surface area is 222 Å². The van der Waals surface area contributed by atoms with Crippen molar-refractivity contribution in [1.82, 2.24) is 4.90 Å². The molecule has 7 heteroatoms. The van der Waals surface area contributed by atoms with Gasteiger partial charge in [-0.15, -0.1) is 0 Å². The summed E-state index contributed by atoms with van der Waals surface area (Å²) in [4.78, 5) is 28.3. The molecule has 1 amide bonds. The van der Waals surface area contributed by atoms with Crippen LogP contribution in [0.5, 0.6) is 17.2 Å². The highest BCUT2D eigenvalue weighted by Gasteiger charge is 2.46. The van der Waals surface area contributed by atoms with Crippen LogP contribution in [0.4, 0.5) is 0 Å². The van der Waals surface area contributed by atoms with Crippen molar-refractivity contribution in [3.63, 3.8) is 0 Å². The molecule has 0 saturated carbocycles. The number of aliphatic hydroxyl groups is 1. The number of carbonyl (C=O) groups excluding carboxylic acids is 2. The lowest BCUT2D eigenvalue weighted by Gasteiger charge is -2.26. The van der Waals surface area contributed by atoms with Crippen molar-refractivity contribution < 1.29 is 28.9 Å². The predicted octanol–water partition coefficient (Wildman–Crippen LogP) is 5.43. The molecule has 1 N–H and O–H groups in total. The van der Waals surface area contributed by atoms with E-state index in [1.165, 1.54) is 4.90 Å². The van der Waals surface area contributed by atoms with E-state index in [0.717, 1.165) is 16.9 Å². The van der Waals surface area contributed by atoms with Crippen LogP contribution >= 0.6 is 0 Å². The summed E-state index contributed by atoms with van der Waals surface area (Å²) in [5, 5.41) is 11.5. The summed E-state index contributed by atoms with van der Waals surface area (Å²) >= 11 is 0. The third-order valence-electron chi connectivity index (χ3n) is 6.76. The van der Waals surface area contributed by atoms with Crippen LogP contribution < -0.4 is 14.2 Å². The van der Waals surface area contributed by atoms with E-state index in [4.69, 9.17) is 14.2 Å². The lowest BCUT2D eigenvalue weighted by Crippen LogP contribution is -2.29. The van der Waals surface area contributed by atoms with Gasteiger partial charge >= 0.3 is 0 Å². The average molecular weight is 514 g/mol. The zero-order valence-electron chi connectivity index (χ0n) is 21.9. The summed E-state index contributed by atoms with van der Waals surface area (Å²) in [5.41, 5.74) is 2.99. The van der Waals surface area contributed by atoms with E-state index in [1.807, 2.05) is 75.4 Å². The second-order valence-electron chi connectivity index (χ2n) is 9.97. The van der Waals surface area contributed by atoms with Crippen molar-refractivity contribution >= 4 is 17.4 Å². The van der Waals surface area contributed by atoms with Crippen LogP contribution in [0.1, 0.15) is 49.1 Å². The summed E-state index contributed by atoms with van der Waals surface area (Å²) in [6.07, 6.45) is 0.759. The van der Waals surface area contributed by atoms with E-state index >= 15 is 0 Å². The van der Waals surface area contributed by atoms with E-state index < -0.39 is 17.7 Å². The van der Waals surface area contributed by atoms with E-state index in [0.29, 0.717) is 29.0 Å². The molecule has 1 fully saturated rings. The molecule has 2 aliphatic heterocycles. The molecule has 2 aliphatic rings. The van der Waals surface area contributed by atoms with Crippen LogP contribution in [0, 0.1) is 0 Å². The number of likely N-dealkylation sites (tertiary alicyclic amines) is 1. The number of carbonyl (C=O) groups is 2. The third kappa shape index (κ3) is 4.84. The first-order valence-electron chi connectivity index (χ1n) is 12.7. The molecule has 3 aromatic rings. The number of methoxy groups -OCH3 is 1. The number of ketones is 1. The molecule has 2 heterocycles. The lowest BCUT2D eigenvalue weighted by molar-refractivity contribution is -0.140. The second kappa shape index (κ2) is 10.2. The number of amides is 1. The molecule has 7 nitrogen and oxygen atoms in total. The van der Waals surface area contributed by atoms with Gasteiger partial charge in [0.05, 0.1) is 24.8 Å². The Morgan fingerprint density at radius 2 is 1.82 bits per heavy atom. The Morgan fingerprint density at radius 1 is 1.05 bits per heavy atom. The van der Waals surface area contributed by atoms with Gasteiger partial charge in [0.25, 0.3) is 11.7 Å². The van der Waals surface area contributed by atoms with E-state index in [1.54, 1.807) is 19.2 Å². The van der Waals surface area contributed by atoms with Gasteiger partial charge in [-0.25, -0.2) is 0 Å². The van der Waals surface area contributed by atoms with Crippen LogP contribution in [-0.2, 0) is 22.6 Å². The van der Waals surface area contributed by atoms with Crippen molar-refractivity contribution in [3.05, 3.63) is 94.6 Å². The van der Waals surface area contributed by atoms with Crippen LogP contribution in [0.2, 0.25) is 0 Å². The topological polar surface area (TPSA) is 85.3 Å². The third-order valence-corrected chi connectivity index (χ3v) is 6.76. The van der Waals surface area contributed by atoms with Gasteiger partial charge in [-0.2, -0.15) is 0 Å². The number of hydrogen-bond acceptors (Lipinski definition) is 6. The van der Waals surface area contributed by atoms with Crippen molar-refractivity contribution in [2.45, 2.75) is 52.0 Å². The molecule has 3 aromatic carbocycles. The average Bonchev–Trinajstić information content (AvgIpc) is 3.39. The van der Waals surface area contributed by atoms with Crippen molar-refractivity contribution in [3.8, 4) is 17.2 Å². The molecule has 2 unspecified atom stereocenters. The van der Waals surface area contributed by atoms with Gasteiger partial charge in [0, 0.05) is 18.5 Å². The van der Waals surface area contributed by atoms with E-state index in [-0.39, 0.29) is 30.1 Å². The van der Waals surface area contributed by atoms with Gasteiger partial charge < -0.3 is 24.2 Å².